The highest BCUT2D eigenvalue weighted by atomic mass is 19.1. The van der Waals surface area contributed by atoms with Crippen LogP contribution >= 0.6 is 0 Å². The van der Waals surface area contributed by atoms with Gasteiger partial charge in [0.05, 0.1) is 46.6 Å². The lowest BCUT2D eigenvalue weighted by Crippen LogP contribution is -2.36. The number of hydrogen-bond acceptors (Lipinski definition) is 10. The molecule has 2 heterocycles. The Balaban J connectivity index is 1.20. The number of imidazole rings is 1. The summed E-state index contributed by atoms with van der Waals surface area (Å²) in [5.41, 5.74) is 4.47. The van der Waals surface area contributed by atoms with E-state index in [0.29, 0.717) is 59.8 Å². The summed E-state index contributed by atoms with van der Waals surface area (Å²) >= 11 is 0. The molecule has 1 saturated carbocycles. The Hall–Kier alpha value is -5.86. The lowest BCUT2D eigenvalue weighted by molar-refractivity contribution is -0.113. The molecular formula is C36H42FN9O5. The largest absolute Gasteiger partial charge is 0.385 e. The fourth-order valence-electron chi connectivity index (χ4n) is 5.73. The van der Waals surface area contributed by atoms with E-state index in [4.69, 9.17) is 0 Å². The number of unbranched alkanes of at least 4 members (excludes halogenated alkanes) is 1. The van der Waals surface area contributed by atoms with Gasteiger partial charge in [0.2, 0.25) is 6.41 Å². The van der Waals surface area contributed by atoms with Crippen LogP contribution in [-0.4, -0.2) is 91.3 Å². The molecule has 4 N–H and O–H groups in total. The first-order chi connectivity index (χ1) is 24.7. The highest BCUT2D eigenvalue weighted by Crippen LogP contribution is 2.31. The van der Waals surface area contributed by atoms with Crippen molar-refractivity contribution in [1.29, 1.82) is 0 Å². The number of hydrogen-bond donors (Lipinski definition) is 4. The van der Waals surface area contributed by atoms with Crippen LogP contribution in [0.15, 0.2) is 54.7 Å². The number of rotatable bonds is 19. The number of amides is 3. The Labute approximate surface area is 294 Å². The van der Waals surface area contributed by atoms with Gasteiger partial charge in [0, 0.05) is 46.6 Å². The van der Waals surface area contributed by atoms with E-state index in [-0.39, 0.29) is 30.9 Å². The maximum absolute atomic E-state index is 13.4. The maximum atomic E-state index is 13.4. The van der Waals surface area contributed by atoms with E-state index in [0.717, 1.165) is 30.4 Å². The zero-order chi connectivity index (χ0) is 36.5. The van der Waals surface area contributed by atoms with Crippen molar-refractivity contribution in [2.24, 2.45) is 0 Å². The molecule has 0 spiro atoms. The molecule has 3 unspecified atom stereocenters. The Morgan fingerprint density at radius 2 is 1.82 bits per heavy atom. The van der Waals surface area contributed by atoms with E-state index in [9.17, 15) is 28.4 Å². The first-order valence-electron chi connectivity index (χ1n) is 16.8. The predicted molar refractivity (Wildman–Crippen MR) is 193 cm³/mol. The third-order valence-corrected chi connectivity index (χ3v) is 8.62. The number of nitrogens with zero attached hydrogens (tertiary/aromatic N) is 5. The fraction of sp³-hybridized carbons (Fsp3) is 0.361. The normalized spacial score (nSPS) is 15.4. The number of anilines is 5. The van der Waals surface area contributed by atoms with Crippen LogP contribution in [0.5, 0.6) is 0 Å². The molecule has 0 aliphatic heterocycles. The minimum absolute atomic E-state index is 0.157. The van der Waals surface area contributed by atoms with Crippen LogP contribution in [0.4, 0.5) is 33.0 Å². The molecule has 0 saturated heterocycles. The SMILES string of the molecule is CNc1cc(Nc2ccccc2C(=O)NCCCCc2ccc(N(C=O)C(C=O)CCC=O)c(N(C)C)c2)nn2c(C(=O)NC3CC3F)cnc12. The third-order valence-electron chi connectivity index (χ3n) is 8.62. The van der Waals surface area contributed by atoms with Crippen molar-refractivity contribution in [2.45, 2.75) is 56.8 Å². The summed E-state index contributed by atoms with van der Waals surface area (Å²) in [4.78, 5) is 68.2. The van der Waals surface area contributed by atoms with E-state index < -0.39 is 24.2 Å². The molecule has 5 rings (SSSR count). The Morgan fingerprint density at radius 1 is 1.04 bits per heavy atom. The number of nitrogens with one attached hydrogen (secondary N) is 4. The summed E-state index contributed by atoms with van der Waals surface area (Å²) in [6.07, 6.45) is 5.29. The predicted octanol–water partition coefficient (Wildman–Crippen LogP) is 3.68. The second kappa shape index (κ2) is 16.7. The van der Waals surface area contributed by atoms with E-state index in [1.54, 1.807) is 37.4 Å². The second-order valence-electron chi connectivity index (χ2n) is 12.5. The fourth-order valence-corrected chi connectivity index (χ4v) is 5.73. The Bertz CT molecular complexity index is 1900. The number of fused-ring (bicyclic) bond motifs is 1. The Morgan fingerprint density at radius 3 is 2.51 bits per heavy atom. The molecule has 2 aromatic carbocycles. The molecule has 4 aromatic rings. The molecule has 1 aliphatic carbocycles. The van der Waals surface area contributed by atoms with Crippen molar-refractivity contribution in [3.05, 3.63) is 71.5 Å². The quantitative estimate of drug-likeness (QED) is 0.0837. The van der Waals surface area contributed by atoms with E-state index in [1.165, 1.54) is 15.6 Å². The van der Waals surface area contributed by atoms with Gasteiger partial charge in [0.1, 0.15) is 18.7 Å². The highest BCUT2D eigenvalue weighted by Gasteiger charge is 2.39. The second-order valence-corrected chi connectivity index (χ2v) is 12.5. The minimum Gasteiger partial charge on any atom is -0.385 e. The average molecular weight is 700 g/mol. The van der Waals surface area contributed by atoms with Gasteiger partial charge in [-0.2, -0.15) is 0 Å². The van der Waals surface area contributed by atoms with Gasteiger partial charge in [-0.25, -0.2) is 13.9 Å². The highest BCUT2D eigenvalue weighted by molar-refractivity contribution is 6.00. The van der Waals surface area contributed by atoms with Gasteiger partial charge in [-0.3, -0.25) is 14.4 Å². The van der Waals surface area contributed by atoms with Crippen LogP contribution in [-0.2, 0) is 20.8 Å². The van der Waals surface area contributed by atoms with Crippen LogP contribution < -0.4 is 31.1 Å². The van der Waals surface area contributed by atoms with Crippen LogP contribution in [0, 0.1) is 0 Å². The summed E-state index contributed by atoms with van der Waals surface area (Å²) in [6, 6.07) is 13.2. The number of carbonyl (C=O) groups is 5. The maximum Gasteiger partial charge on any atom is 0.271 e. The van der Waals surface area contributed by atoms with E-state index in [1.807, 2.05) is 37.2 Å². The van der Waals surface area contributed by atoms with Crippen molar-refractivity contribution < 1.29 is 28.4 Å². The van der Waals surface area contributed by atoms with Crippen molar-refractivity contribution in [3.63, 3.8) is 0 Å². The molecule has 3 amide bonds. The number of carbonyl (C=O) groups excluding carboxylic acids is 5. The van der Waals surface area contributed by atoms with Gasteiger partial charge in [-0.1, -0.05) is 18.2 Å². The standard InChI is InChI=1S/C36H42FN9O5/c1-38-29-19-33(43-46-32(20-40-34(29)46)36(51)42-28-18-26(28)37)41-27-12-5-4-11-25(27)35(50)39-15-7-6-9-23-13-14-30(31(17-23)44(2)3)45(22-49)24(21-48)10-8-16-47/h4-5,11-14,16-17,19-22,24,26,28,38H,6-10,15,18H2,1-3H3,(H,39,50)(H,41,43)(H,42,51). The van der Waals surface area contributed by atoms with E-state index >= 15 is 0 Å². The van der Waals surface area contributed by atoms with Crippen LogP contribution in [0.2, 0.25) is 0 Å². The number of aldehydes is 2. The van der Waals surface area contributed by atoms with Gasteiger partial charge in [0.25, 0.3) is 11.8 Å². The van der Waals surface area contributed by atoms with Gasteiger partial charge < -0.3 is 40.7 Å². The number of aromatic nitrogens is 3. The van der Waals surface area contributed by atoms with Crippen molar-refractivity contribution in [1.82, 2.24) is 25.2 Å². The van der Waals surface area contributed by atoms with Crippen LogP contribution in [0.25, 0.3) is 5.65 Å². The summed E-state index contributed by atoms with van der Waals surface area (Å²) in [5.74, 6) is -0.390. The number of halogens is 1. The summed E-state index contributed by atoms with van der Waals surface area (Å²) < 4.78 is 14.8. The summed E-state index contributed by atoms with van der Waals surface area (Å²) in [7, 11) is 5.43. The molecule has 14 nitrogen and oxygen atoms in total. The van der Waals surface area contributed by atoms with Crippen molar-refractivity contribution in [3.8, 4) is 0 Å². The number of aryl methyl sites for hydroxylation is 1. The molecule has 3 atom stereocenters. The van der Waals surface area contributed by atoms with Gasteiger partial charge in [0.15, 0.2) is 17.2 Å². The van der Waals surface area contributed by atoms with E-state index in [2.05, 4.69) is 31.3 Å². The Kier molecular flexibility index (Phi) is 11.9. The molecule has 1 fully saturated rings. The minimum atomic E-state index is -1.05. The first-order valence-corrected chi connectivity index (χ1v) is 16.8. The molecule has 0 bridgehead atoms. The van der Waals surface area contributed by atoms with Gasteiger partial charge in [-0.15, -0.1) is 5.10 Å². The summed E-state index contributed by atoms with van der Waals surface area (Å²) in [6.45, 7) is 0.435. The summed E-state index contributed by atoms with van der Waals surface area (Å²) in [5, 5.41) is 16.4. The first kappa shape index (κ1) is 36.4. The third kappa shape index (κ3) is 8.66. The lowest BCUT2D eigenvalue weighted by Gasteiger charge is -2.28. The van der Waals surface area contributed by atoms with Crippen molar-refractivity contribution in [2.75, 3.05) is 48.1 Å². The van der Waals surface area contributed by atoms with Gasteiger partial charge in [-0.05, 0) is 55.5 Å². The molecule has 15 heteroatoms. The van der Waals surface area contributed by atoms with Crippen LogP contribution in [0.1, 0.15) is 58.5 Å². The monoisotopic (exact) mass is 699 g/mol. The average Bonchev–Trinajstić information content (AvgIpc) is 3.65. The molecule has 1 aliphatic rings. The zero-order valence-corrected chi connectivity index (χ0v) is 28.8. The smallest absolute Gasteiger partial charge is 0.271 e. The molecule has 2 aromatic heterocycles. The molecule has 51 heavy (non-hydrogen) atoms. The van der Waals surface area contributed by atoms with Gasteiger partial charge >= 0.3 is 0 Å². The number of alkyl halides is 1. The topological polar surface area (TPSA) is 170 Å². The van der Waals surface area contributed by atoms with Crippen molar-refractivity contribution >= 4 is 65.0 Å². The molecule has 0 radical (unpaired) electrons. The lowest BCUT2D eigenvalue weighted by atomic mass is 10.0. The van der Waals surface area contributed by atoms with Crippen LogP contribution in [0.3, 0.4) is 0 Å². The molecular weight excluding hydrogens is 657 g/mol. The number of para-hydroxylation sites is 1. The molecule has 268 valence electrons. The zero-order valence-electron chi connectivity index (χ0n) is 28.8. The number of benzene rings is 2.